The van der Waals surface area contributed by atoms with E-state index in [-0.39, 0.29) is 26.2 Å². The summed E-state index contributed by atoms with van der Waals surface area (Å²) in [5.41, 5.74) is 0. The Bertz CT molecular complexity index is 144. The molecule has 0 saturated heterocycles. The van der Waals surface area contributed by atoms with Crippen LogP contribution in [-0.4, -0.2) is 49.9 Å². The summed E-state index contributed by atoms with van der Waals surface area (Å²) in [5.74, 6) is 1.32. The molecule has 0 N–H and O–H groups in total. The fourth-order valence-corrected chi connectivity index (χ4v) is 7.18. The monoisotopic (exact) mass is 496 g/mol. The molecule has 0 spiro atoms. The van der Waals surface area contributed by atoms with E-state index in [4.69, 9.17) is 57.7 Å². The van der Waals surface area contributed by atoms with Gasteiger partial charge in [-0.2, -0.15) is 0 Å². The number of halogens is 4. The maximum absolute atomic E-state index is 5.57. The molecule has 0 radical (unpaired) electrons. The van der Waals surface area contributed by atoms with Crippen LogP contribution in [0.25, 0.3) is 0 Å². The van der Waals surface area contributed by atoms with Gasteiger partial charge in [0, 0.05) is 26.2 Å². The van der Waals surface area contributed by atoms with Crippen LogP contribution in [-0.2, 0) is 59.5 Å². The molecule has 108 valence electrons. The first-order valence-electron chi connectivity index (χ1n) is 5.04. The topological polar surface area (TPSA) is 36.9 Å². The van der Waals surface area contributed by atoms with Gasteiger partial charge >= 0.3 is 130 Å². The Labute approximate surface area is 154 Å². The van der Waals surface area contributed by atoms with Crippen molar-refractivity contribution < 1.29 is 59.5 Å². The molecule has 0 saturated carbocycles. The van der Waals surface area contributed by atoms with Crippen LogP contribution in [0.5, 0.6) is 0 Å². The second kappa shape index (κ2) is 16.1. The van der Waals surface area contributed by atoms with Gasteiger partial charge < -0.3 is 0 Å². The van der Waals surface area contributed by atoms with Gasteiger partial charge in [-0.15, -0.1) is 0 Å². The standard InChI is InChI=1S/4C2H4ClO.2Zr/c4*3-1-2-4;;/h4*1-2H2;;/q4*-1;;+4. The van der Waals surface area contributed by atoms with Crippen LogP contribution in [0.1, 0.15) is 0 Å². The molecule has 0 bridgehead atoms. The van der Waals surface area contributed by atoms with Gasteiger partial charge in [-0.05, 0) is 0 Å². The van der Waals surface area contributed by atoms with Gasteiger partial charge in [0.05, 0.1) is 0 Å². The molecule has 0 fully saturated rings. The number of hydrogen-bond acceptors (Lipinski definition) is 4. The molecule has 18 heavy (non-hydrogen) atoms. The summed E-state index contributed by atoms with van der Waals surface area (Å²) in [7, 11) is 0. The molecule has 0 aromatic heterocycles. The van der Waals surface area contributed by atoms with Crippen LogP contribution in [0.4, 0.5) is 0 Å². The average molecular weight is 500 g/mol. The molecule has 0 aromatic rings. The maximum atomic E-state index is 5.57. The summed E-state index contributed by atoms with van der Waals surface area (Å²) in [5, 5.41) is 0. The van der Waals surface area contributed by atoms with Crippen molar-refractivity contribution in [2.24, 2.45) is 0 Å². The molecule has 0 aliphatic heterocycles. The molecule has 0 heterocycles. The van der Waals surface area contributed by atoms with E-state index >= 15 is 0 Å². The molecule has 0 atom stereocenters. The minimum atomic E-state index is -4.03. The Morgan fingerprint density at radius 1 is 0.556 bits per heavy atom. The Hall–Kier alpha value is 2.77. The summed E-state index contributed by atoms with van der Waals surface area (Å²) in [6, 6.07) is 0. The molecule has 0 aromatic carbocycles. The molecule has 0 aliphatic carbocycles. The normalized spacial score (nSPS) is 11.3. The molecular weight excluding hydrogens is 484 g/mol. The van der Waals surface area contributed by atoms with Gasteiger partial charge in [0.1, 0.15) is 0 Å². The predicted octanol–water partition coefficient (Wildman–Crippen LogP) is 2.82. The van der Waals surface area contributed by atoms with Gasteiger partial charge in [-0.3, -0.25) is 0 Å². The van der Waals surface area contributed by atoms with Gasteiger partial charge in [0.15, 0.2) is 0 Å². The molecule has 0 rings (SSSR count). The van der Waals surface area contributed by atoms with Crippen molar-refractivity contribution >= 4 is 46.4 Å². The van der Waals surface area contributed by atoms with Crippen molar-refractivity contribution in [2.75, 3.05) is 49.9 Å². The van der Waals surface area contributed by atoms with E-state index in [1.54, 1.807) is 0 Å². The van der Waals surface area contributed by atoms with E-state index in [9.17, 15) is 0 Å². The van der Waals surface area contributed by atoms with Crippen LogP contribution >= 0.6 is 46.4 Å². The fourth-order valence-electron chi connectivity index (χ4n) is 0.904. The second-order valence-electron chi connectivity index (χ2n) is 2.65. The van der Waals surface area contributed by atoms with Crippen molar-refractivity contribution in [1.82, 2.24) is 0 Å². The third kappa shape index (κ3) is 11.4. The van der Waals surface area contributed by atoms with E-state index in [2.05, 4.69) is 0 Å². The number of rotatable bonds is 12. The summed E-state index contributed by atoms with van der Waals surface area (Å²) in [6.45, 7) is 1.18. The fraction of sp³-hybridized carbons (Fsp3) is 1.00. The van der Waals surface area contributed by atoms with Crippen LogP contribution < -0.4 is 0 Å². The van der Waals surface area contributed by atoms with E-state index in [1.165, 1.54) is 0 Å². The van der Waals surface area contributed by atoms with Crippen molar-refractivity contribution in [3.63, 3.8) is 0 Å². The third-order valence-electron chi connectivity index (χ3n) is 1.42. The van der Waals surface area contributed by atoms with E-state index in [0.717, 1.165) is 0 Å². The molecular formula is C8H16Cl4O4Zr2. The predicted molar refractivity (Wildman–Crippen MR) is 66.7 cm³/mol. The Morgan fingerprint density at radius 3 is 0.944 bits per heavy atom. The zero-order valence-corrected chi connectivity index (χ0v) is 17.7. The van der Waals surface area contributed by atoms with Gasteiger partial charge in [0.25, 0.3) is 0 Å². The number of alkyl halides is 4. The van der Waals surface area contributed by atoms with Crippen molar-refractivity contribution in [3.8, 4) is 0 Å². The molecule has 10 heteroatoms. The minimum absolute atomic E-state index is 0. The van der Waals surface area contributed by atoms with Crippen LogP contribution in [0, 0.1) is 0 Å². The Kier molecular flexibility index (Phi) is 20.7. The second-order valence-corrected chi connectivity index (χ2v) is 9.46. The first-order chi connectivity index (χ1) is 8.24. The largest absolute Gasteiger partial charge is 0 e. The minimum Gasteiger partial charge on any atom is 0 e. The Balaban J connectivity index is 0. The molecule has 0 amide bonds. The zero-order chi connectivity index (χ0) is 13.0. The quantitative estimate of drug-likeness (QED) is 0.387. The van der Waals surface area contributed by atoms with Crippen molar-refractivity contribution in [2.45, 2.75) is 0 Å². The van der Waals surface area contributed by atoms with E-state index in [0.29, 0.717) is 49.9 Å². The zero-order valence-electron chi connectivity index (χ0n) is 9.80. The van der Waals surface area contributed by atoms with E-state index < -0.39 is 22.0 Å². The molecule has 0 unspecified atom stereocenters. The van der Waals surface area contributed by atoms with Crippen LogP contribution in [0.15, 0.2) is 0 Å². The maximum Gasteiger partial charge on any atom is 0 e. The van der Waals surface area contributed by atoms with Gasteiger partial charge in [-0.25, -0.2) is 0 Å². The van der Waals surface area contributed by atoms with Crippen molar-refractivity contribution in [3.05, 3.63) is 0 Å². The summed E-state index contributed by atoms with van der Waals surface area (Å²) in [6.07, 6.45) is 0. The summed E-state index contributed by atoms with van der Waals surface area (Å²) < 4.78 is 22.1. The average Bonchev–Trinajstić information content (AvgIpc) is 2.37. The summed E-state index contributed by atoms with van der Waals surface area (Å²) >= 11 is 18.3. The third-order valence-corrected chi connectivity index (χ3v) is 7.52. The van der Waals surface area contributed by atoms with Crippen LogP contribution in [0.2, 0.25) is 0 Å². The smallest absolute Gasteiger partial charge is 0 e. The SMILES string of the molecule is ClCC[O][Zr]([O]CCCl)([O]CCCl)[O]CCCl.[Zr]. The first kappa shape index (κ1) is 23.0. The van der Waals surface area contributed by atoms with Crippen molar-refractivity contribution in [1.29, 1.82) is 0 Å². The molecule has 4 nitrogen and oxygen atoms in total. The number of hydrogen-bond donors (Lipinski definition) is 0. The summed E-state index contributed by atoms with van der Waals surface area (Å²) in [4.78, 5) is 0. The molecule has 0 aliphatic rings. The van der Waals surface area contributed by atoms with E-state index in [1.807, 2.05) is 0 Å². The first-order valence-corrected chi connectivity index (χ1v) is 11.2. The van der Waals surface area contributed by atoms with Gasteiger partial charge in [0.2, 0.25) is 0 Å². The Morgan fingerprint density at radius 2 is 0.778 bits per heavy atom. The van der Waals surface area contributed by atoms with Crippen LogP contribution in [0.3, 0.4) is 0 Å². The van der Waals surface area contributed by atoms with Gasteiger partial charge in [-0.1, -0.05) is 0 Å².